The largest absolute Gasteiger partial charge is 0.362 e. The van der Waals surface area contributed by atoms with Crippen LogP contribution in [0.2, 0.25) is 0 Å². The van der Waals surface area contributed by atoms with Gasteiger partial charge in [-0.25, -0.2) is 4.98 Å². The molecule has 1 aromatic heterocycles. The van der Waals surface area contributed by atoms with E-state index < -0.39 is 0 Å². The third-order valence-electron chi connectivity index (χ3n) is 2.45. The van der Waals surface area contributed by atoms with Crippen molar-refractivity contribution in [1.82, 2.24) is 4.98 Å². The average molecular weight is 246 g/mol. The molecule has 0 saturated heterocycles. The molecule has 0 fully saturated rings. The van der Waals surface area contributed by atoms with E-state index in [1.165, 1.54) is 11.3 Å². The van der Waals surface area contributed by atoms with Gasteiger partial charge in [0.15, 0.2) is 5.13 Å². The van der Waals surface area contributed by atoms with Crippen LogP contribution in [0.15, 0.2) is 30.5 Å². The Kier molecular flexibility index (Phi) is 3.54. The lowest BCUT2D eigenvalue weighted by Gasteiger charge is -2.01. The summed E-state index contributed by atoms with van der Waals surface area (Å²) >= 11 is 1.40. The molecule has 0 aliphatic heterocycles. The molecular weight excluding hydrogens is 232 g/mol. The third-order valence-corrected chi connectivity index (χ3v) is 3.40. The topological polar surface area (TPSA) is 42.0 Å². The highest BCUT2D eigenvalue weighted by Crippen LogP contribution is 2.22. The van der Waals surface area contributed by atoms with Crippen LogP contribution in [0.5, 0.6) is 0 Å². The van der Waals surface area contributed by atoms with Crippen LogP contribution in [-0.4, -0.2) is 17.3 Å². The Morgan fingerprint density at radius 3 is 2.88 bits per heavy atom. The summed E-state index contributed by atoms with van der Waals surface area (Å²) < 4.78 is 0. The monoisotopic (exact) mass is 246 g/mol. The molecule has 1 N–H and O–H groups in total. The van der Waals surface area contributed by atoms with Gasteiger partial charge < -0.3 is 5.32 Å². The predicted molar refractivity (Wildman–Crippen MR) is 70.9 cm³/mol. The molecule has 2 aromatic rings. The van der Waals surface area contributed by atoms with Crippen molar-refractivity contribution in [2.75, 3.05) is 11.9 Å². The summed E-state index contributed by atoms with van der Waals surface area (Å²) in [5.74, 6) is 0.0461. The van der Waals surface area contributed by atoms with E-state index in [1.807, 2.05) is 38.1 Å². The van der Waals surface area contributed by atoms with Crippen molar-refractivity contribution in [2.24, 2.45) is 0 Å². The van der Waals surface area contributed by atoms with E-state index in [1.54, 1.807) is 6.20 Å². The van der Waals surface area contributed by atoms with Crippen molar-refractivity contribution in [3.05, 3.63) is 46.5 Å². The number of nitrogens with one attached hydrogen (secondary N) is 1. The normalized spacial score (nSPS) is 10.2. The number of hydrogen-bond acceptors (Lipinski definition) is 4. The van der Waals surface area contributed by atoms with E-state index in [2.05, 4.69) is 10.3 Å². The molecule has 88 valence electrons. The standard InChI is InChI=1S/C13H14N2OS/c1-3-14-13-15-8-11(17-13)12(16)10-7-5-4-6-9(10)2/h4-8H,3H2,1-2H3,(H,14,15). The van der Waals surface area contributed by atoms with Crippen LogP contribution in [0.1, 0.15) is 27.7 Å². The highest BCUT2D eigenvalue weighted by molar-refractivity contribution is 7.17. The van der Waals surface area contributed by atoms with Gasteiger partial charge in [-0.2, -0.15) is 0 Å². The molecule has 0 unspecified atom stereocenters. The molecule has 0 aliphatic rings. The number of hydrogen-bond donors (Lipinski definition) is 1. The van der Waals surface area contributed by atoms with Gasteiger partial charge in [0.05, 0.1) is 11.1 Å². The molecule has 1 aromatic carbocycles. The number of anilines is 1. The summed E-state index contributed by atoms with van der Waals surface area (Å²) in [7, 11) is 0. The first kappa shape index (κ1) is 11.8. The quantitative estimate of drug-likeness (QED) is 0.843. The van der Waals surface area contributed by atoms with Crippen molar-refractivity contribution in [1.29, 1.82) is 0 Å². The first-order valence-electron chi connectivity index (χ1n) is 5.52. The number of carbonyl (C=O) groups is 1. The second-order valence-corrected chi connectivity index (χ2v) is 4.73. The lowest BCUT2D eigenvalue weighted by Crippen LogP contribution is -2.00. The van der Waals surface area contributed by atoms with Crippen LogP contribution >= 0.6 is 11.3 Å². The second kappa shape index (κ2) is 5.10. The smallest absolute Gasteiger partial charge is 0.204 e. The summed E-state index contributed by atoms with van der Waals surface area (Å²) in [6.07, 6.45) is 1.64. The molecule has 17 heavy (non-hydrogen) atoms. The fourth-order valence-corrected chi connectivity index (χ4v) is 2.41. The number of thiazole rings is 1. The number of nitrogens with zero attached hydrogens (tertiary/aromatic N) is 1. The first-order valence-corrected chi connectivity index (χ1v) is 6.34. The summed E-state index contributed by atoms with van der Waals surface area (Å²) in [6.45, 7) is 4.76. The van der Waals surface area contributed by atoms with Crippen molar-refractivity contribution in [3.8, 4) is 0 Å². The molecular formula is C13H14N2OS. The number of rotatable bonds is 4. The zero-order chi connectivity index (χ0) is 12.3. The maximum absolute atomic E-state index is 12.2. The highest BCUT2D eigenvalue weighted by atomic mass is 32.1. The van der Waals surface area contributed by atoms with Crippen LogP contribution in [-0.2, 0) is 0 Å². The van der Waals surface area contributed by atoms with Crippen LogP contribution in [0, 0.1) is 6.92 Å². The number of aryl methyl sites for hydroxylation is 1. The van der Waals surface area contributed by atoms with Crippen molar-refractivity contribution in [2.45, 2.75) is 13.8 Å². The highest BCUT2D eigenvalue weighted by Gasteiger charge is 2.14. The third kappa shape index (κ3) is 2.53. The predicted octanol–water partition coefficient (Wildman–Crippen LogP) is 3.11. The fourth-order valence-electron chi connectivity index (χ4n) is 1.57. The van der Waals surface area contributed by atoms with Gasteiger partial charge >= 0.3 is 0 Å². The van der Waals surface area contributed by atoms with Gasteiger partial charge in [0.2, 0.25) is 5.78 Å². The van der Waals surface area contributed by atoms with Gasteiger partial charge in [-0.3, -0.25) is 4.79 Å². The molecule has 0 atom stereocenters. The Labute approximate surface area is 105 Å². The fraction of sp³-hybridized carbons (Fsp3) is 0.231. The lowest BCUT2D eigenvalue weighted by molar-refractivity contribution is 0.104. The second-order valence-electron chi connectivity index (χ2n) is 3.70. The molecule has 0 radical (unpaired) electrons. The first-order chi connectivity index (χ1) is 8.22. The minimum atomic E-state index is 0.0461. The van der Waals surface area contributed by atoms with Crippen LogP contribution < -0.4 is 5.32 Å². The van der Waals surface area contributed by atoms with E-state index in [0.717, 1.165) is 22.8 Å². The van der Waals surface area contributed by atoms with E-state index in [4.69, 9.17) is 0 Å². The Bertz CT molecular complexity index is 534. The van der Waals surface area contributed by atoms with Crippen LogP contribution in [0.4, 0.5) is 5.13 Å². The Hall–Kier alpha value is -1.68. The number of benzene rings is 1. The molecule has 4 heteroatoms. The summed E-state index contributed by atoms with van der Waals surface area (Å²) in [6, 6.07) is 7.61. The molecule has 0 spiro atoms. The number of carbonyl (C=O) groups excluding carboxylic acids is 1. The van der Waals surface area contributed by atoms with Gasteiger partial charge in [-0.1, -0.05) is 35.6 Å². The zero-order valence-electron chi connectivity index (χ0n) is 9.86. The average Bonchev–Trinajstić information content (AvgIpc) is 2.78. The number of aromatic nitrogens is 1. The van der Waals surface area contributed by atoms with Gasteiger partial charge in [-0.15, -0.1) is 0 Å². The van der Waals surface area contributed by atoms with Gasteiger partial charge in [0.1, 0.15) is 0 Å². The SMILES string of the molecule is CCNc1ncc(C(=O)c2ccccc2C)s1. The molecule has 3 nitrogen and oxygen atoms in total. The number of ketones is 1. The molecule has 0 saturated carbocycles. The van der Waals surface area contributed by atoms with E-state index in [9.17, 15) is 4.79 Å². The maximum Gasteiger partial charge on any atom is 0.204 e. The van der Waals surface area contributed by atoms with Crippen molar-refractivity contribution in [3.63, 3.8) is 0 Å². The molecule has 0 amide bonds. The van der Waals surface area contributed by atoms with E-state index >= 15 is 0 Å². The van der Waals surface area contributed by atoms with Crippen molar-refractivity contribution < 1.29 is 4.79 Å². The van der Waals surface area contributed by atoms with Crippen molar-refractivity contribution >= 4 is 22.3 Å². The molecule has 0 bridgehead atoms. The molecule has 0 aliphatic carbocycles. The molecule has 2 rings (SSSR count). The Morgan fingerprint density at radius 2 is 2.18 bits per heavy atom. The maximum atomic E-state index is 12.2. The van der Waals surface area contributed by atoms with E-state index in [0.29, 0.717) is 4.88 Å². The van der Waals surface area contributed by atoms with Gasteiger partial charge in [0.25, 0.3) is 0 Å². The minimum absolute atomic E-state index is 0.0461. The van der Waals surface area contributed by atoms with Crippen LogP contribution in [0.3, 0.4) is 0 Å². The summed E-state index contributed by atoms with van der Waals surface area (Å²) in [4.78, 5) is 17.1. The van der Waals surface area contributed by atoms with Gasteiger partial charge in [0, 0.05) is 12.1 Å². The van der Waals surface area contributed by atoms with Gasteiger partial charge in [-0.05, 0) is 19.4 Å². The Morgan fingerprint density at radius 1 is 1.41 bits per heavy atom. The zero-order valence-corrected chi connectivity index (χ0v) is 10.7. The Balaban J connectivity index is 2.28. The van der Waals surface area contributed by atoms with E-state index in [-0.39, 0.29) is 5.78 Å². The summed E-state index contributed by atoms with van der Waals surface area (Å²) in [5.41, 5.74) is 1.75. The lowest BCUT2D eigenvalue weighted by atomic mass is 10.0. The van der Waals surface area contributed by atoms with Crippen LogP contribution in [0.25, 0.3) is 0 Å². The molecule has 1 heterocycles. The minimum Gasteiger partial charge on any atom is -0.362 e. The summed E-state index contributed by atoms with van der Waals surface area (Å²) in [5, 5.41) is 3.90.